The van der Waals surface area contributed by atoms with E-state index in [4.69, 9.17) is 11.6 Å². The second-order valence-corrected chi connectivity index (χ2v) is 11.2. The highest BCUT2D eigenvalue weighted by molar-refractivity contribution is 7.91. The molecule has 0 aromatic carbocycles. The molecule has 5 rings (SSSR count). The van der Waals surface area contributed by atoms with Crippen molar-refractivity contribution in [3.63, 3.8) is 0 Å². The number of rotatable bonds is 6. The maximum atomic E-state index is 12.6. The molecule has 2 unspecified atom stereocenters. The van der Waals surface area contributed by atoms with E-state index in [1.54, 1.807) is 23.7 Å². The summed E-state index contributed by atoms with van der Waals surface area (Å²) in [5.74, 6) is 0.678. The van der Waals surface area contributed by atoms with Crippen LogP contribution in [0.3, 0.4) is 0 Å². The lowest BCUT2D eigenvalue weighted by molar-refractivity contribution is 0.385. The van der Waals surface area contributed by atoms with Crippen molar-refractivity contribution in [2.45, 2.75) is 42.0 Å². The molecule has 2 atom stereocenters. The number of hydrogen-bond donors (Lipinski definition) is 3. The normalized spacial score (nSPS) is 19.3. The predicted octanol–water partition coefficient (Wildman–Crippen LogP) is 5.04. The van der Waals surface area contributed by atoms with Gasteiger partial charge in [0.1, 0.15) is 20.8 Å². The molecule has 1 aliphatic carbocycles. The number of anilines is 1. The molecule has 0 saturated heterocycles. The average Bonchev–Trinajstić information content (AvgIpc) is 3.44. The molecule has 7 nitrogen and oxygen atoms in total. The topological polar surface area (TPSA) is 99.8 Å². The first-order valence-electron chi connectivity index (χ1n) is 10.4. The Hall–Kier alpha value is -2.46. The molecule has 4 aromatic rings. The summed E-state index contributed by atoms with van der Waals surface area (Å²) in [5, 5.41) is 6.65. The van der Waals surface area contributed by atoms with E-state index >= 15 is 0 Å². The lowest BCUT2D eigenvalue weighted by atomic mass is 9.91. The molecule has 3 N–H and O–H groups in total. The van der Waals surface area contributed by atoms with Crippen LogP contribution in [0.4, 0.5) is 5.82 Å². The van der Waals surface area contributed by atoms with Gasteiger partial charge in [0, 0.05) is 35.4 Å². The maximum Gasteiger partial charge on any atom is 0.250 e. The zero-order valence-corrected chi connectivity index (χ0v) is 19.5. The van der Waals surface area contributed by atoms with Crippen LogP contribution in [0, 0.1) is 0 Å². The molecular formula is C22H22ClN5O2S2. The largest absolute Gasteiger partial charge is 0.367 e. The van der Waals surface area contributed by atoms with E-state index in [0.717, 1.165) is 41.4 Å². The van der Waals surface area contributed by atoms with E-state index < -0.39 is 10.0 Å². The van der Waals surface area contributed by atoms with Crippen LogP contribution in [-0.2, 0) is 10.0 Å². The van der Waals surface area contributed by atoms with Crippen LogP contribution in [0.5, 0.6) is 0 Å². The highest BCUT2D eigenvalue weighted by Gasteiger charge is 2.27. The summed E-state index contributed by atoms with van der Waals surface area (Å²) in [4.78, 5) is 12.0. The van der Waals surface area contributed by atoms with Gasteiger partial charge in [0.25, 0.3) is 0 Å². The second-order valence-electron chi connectivity index (χ2n) is 7.92. The molecule has 1 aliphatic rings. The van der Waals surface area contributed by atoms with Gasteiger partial charge < -0.3 is 10.3 Å². The van der Waals surface area contributed by atoms with Crippen molar-refractivity contribution in [3.8, 4) is 11.1 Å². The Bertz CT molecular complexity index is 1340. The molecule has 10 heteroatoms. The number of halogens is 1. The van der Waals surface area contributed by atoms with Crippen molar-refractivity contribution in [2.24, 2.45) is 0 Å². The van der Waals surface area contributed by atoms with Crippen molar-refractivity contribution >= 4 is 49.8 Å². The minimum atomic E-state index is -3.48. The van der Waals surface area contributed by atoms with Crippen molar-refractivity contribution in [1.82, 2.24) is 19.7 Å². The molecule has 166 valence electrons. The second kappa shape index (κ2) is 8.82. The molecule has 32 heavy (non-hydrogen) atoms. The van der Waals surface area contributed by atoms with Gasteiger partial charge in [0.2, 0.25) is 10.0 Å². The van der Waals surface area contributed by atoms with Gasteiger partial charge in [-0.3, -0.25) is 0 Å². The Morgan fingerprint density at radius 1 is 1.16 bits per heavy atom. The van der Waals surface area contributed by atoms with Gasteiger partial charge in [0.15, 0.2) is 0 Å². The van der Waals surface area contributed by atoms with Crippen molar-refractivity contribution in [1.29, 1.82) is 0 Å². The van der Waals surface area contributed by atoms with Crippen LogP contribution >= 0.6 is 22.9 Å². The van der Waals surface area contributed by atoms with Gasteiger partial charge in [0.05, 0.1) is 0 Å². The van der Waals surface area contributed by atoms with Gasteiger partial charge in [-0.2, -0.15) is 0 Å². The number of nitrogens with one attached hydrogen (secondary N) is 3. The van der Waals surface area contributed by atoms with E-state index in [2.05, 4.69) is 25.0 Å². The van der Waals surface area contributed by atoms with Gasteiger partial charge in [-0.1, -0.05) is 17.7 Å². The third-order valence-corrected chi connectivity index (χ3v) is 8.78. The first-order chi connectivity index (χ1) is 15.5. The SMILES string of the molecule is O=S(=O)(NC1CCCC(Nc2cc(-c3c[nH]c4ncccc34)cc(Cl)n2)C1)c1cccs1. The minimum absolute atomic E-state index is 0.100. The van der Waals surface area contributed by atoms with Gasteiger partial charge in [-0.15, -0.1) is 11.3 Å². The third kappa shape index (κ3) is 4.52. The van der Waals surface area contributed by atoms with E-state index in [9.17, 15) is 8.42 Å². The lowest BCUT2D eigenvalue weighted by Gasteiger charge is -2.30. The fourth-order valence-electron chi connectivity index (χ4n) is 4.25. The highest BCUT2D eigenvalue weighted by atomic mass is 35.5. The fraction of sp³-hybridized carbons (Fsp3) is 0.273. The number of pyridine rings is 2. The number of H-pyrrole nitrogens is 1. The molecule has 4 heterocycles. The van der Waals surface area contributed by atoms with Crippen molar-refractivity contribution in [3.05, 3.63) is 59.3 Å². The molecule has 0 spiro atoms. The van der Waals surface area contributed by atoms with Crippen LogP contribution in [0.1, 0.15) is 25.7 Å². The Balaban J connectivity index is 1.33. The summed E-state index contributed by atoms with van der Waals surface area (Å²) in [6, 6.07) is 11.1. The molecule has 1 fully saturated rings. The van der Waals surface area contributed by atoms with E-state index in [0.29, 0.717) is 21.6 Å². The van der Waals surface area contributed by atoms with Gasteiger partial charge in [-0.05, 0) is 67.0 Å². The molecule has 1 saturated carbocycles. The highest BCUT2D eigenvalue weighted by Crippen LogP contribution is 2.32. The van der Waals surface area contributed by atoms with Crippen LogP contribution in [0.25, 0.3) is 22.2 Å². The van der Waals surface area contributed by atoms with E-state index in [-0.39, 0.29) is 12.1 Å². The first kappa shape index (κ1) is 21.4. The Labute approximate surface area is 195 Å². The summed E-state index contributed by atoms with van der Waals surface area (Å²) in [6.45, 7) is 0. The number of thiophene rings is 1. The van der Waals surface area contributed by atoms with Gasteiger partial charge >= 0.3 is 0 Å². The van der Waals surface area contributed by atoms with Crippen LogP contribution in [0.15, 0.2) is 58.4 Å². The lowest BCUT2D eigenvalue weighted by Crippen LogP contribution is -2.41. The first-order valence-corrected chi connectivity index (χ1v) is 13.1. The quantitative estimate of drug-likeness (QED) is 0.331. The average molecular weight is 488 g/mol. The standard InChI is InChI=1S/C22H22ClN5O2S2/c23-19-10-14(18-13-25-22-17(18)6-2-8-24-22)11-20(27-19)26-15-4-1-5-16(12-15)28-32(29,30)21-7-3-9-31-21/h2-3,6-11,13,15-16,28H,1,4-5,12H2,(H,24,25)(H,26,27). The fourth-order valence-corrected chi connectivity index (χ4v) is 6.75. The Kier molecular flexibility index (Phi) is 5.90. The summed E-state index contributed by atoms with van der Waals surface area (Å²) in [6.07, 6.45) is 7.05. The number of hydrogen-bond acceptors (Lipinski definition) is 6. The monoisotopic (exact) mass is 487 g/mol. The Morgan fingerprint density at radius 2 is 2.03 bits per heavy atom. The summed E-state index contributed by atoms with van der Waals surface area (Å²) >= 11 is 7.57. The van der Waals surface area contributed by atoms with Crippen molar-refractivity contribution < 1.29 is 8.42 Å². The number of aromatic nitrogens is 3. The summed E-state index contributed by atoms with van der Waals surface area (Å²) < 4.78 is 28.4. The predicted molar refractivity (Wildman–Crippen MR) is 129 cm³/mol. The molecule has 0 amide bonds. The summed E-state index contributed by atoms with van der Waals surface area (Å²) in [7, 11) is -3.48. The van der Waals surface area contributed by atoms with Crippen LogP contribution < -0.4 is 10.0 Å². The van der Waals surface area contributed by atoms with E-state index in [1.807, 2.05) is 30.5 Å². The number of sulfonamides is 1. The van der Waals surface area contributed by atoms with Gasteiger partial charge in [-0.25, -0.2) is 23.1 Å². The van der Waals surface area contributed by atoms with Crippen molar-refractivity contribution in [2.75, 3.05) is 5.32 Å². The maximum absolute atomic E-state index is 12.6. The number of nitrogens with zero attached hydrogens (tertiary/aromatic N) is 2. The summed E-state index contributed by atoms with van der Waals surface area (Å²) in [5.41, 5.74) is 2.77. The smallest absolute Gasteiger partial charge is 0.250 e. The molecular weight excluding hydrogens is 466 g/mol. The number of aromatic amines is 1. The third-order valence-electron chi connectivity index (χ3n) is 5.66. The van der Waals surface area contributed by atoms with Crippen LogP contribution in [0.2, 0.25) is 5.15 Å². The number of fused-ring (bicyclic) bond motifs is 1. The Morgan fingerprint density at radius 3 is 2.88 bits per heavy atom. The zero-order chi connectivity index (χ0) is 22.1. The molecule has 0 bridgehead atoms. The molecule has 0 aliphatic heterocycles. The van der Waals surface area contributed by atoms with Crippen LogP contribution in [-0.4, -0.2) is 35.5 Å². The van der Waals surface area contributed by atoms with E-state index in [1.165, 1.54) is 11.3 Å². The minimum Gasteiger partial charge on any atom is -0.367 e. The molecule has 4 aromatic heterocycles. The molecule has 0 radical (unpaired) electrons. The zero-order valence-electron chi connectivity index (χ0n) is 17.1.